The van der Waals surface area contributed by atoms with Crippen LogP contribution in [-0.4, -0.2) is 0 Å². The van der Waals surface area contributed by atoms with Gasteiger partial charge >= 0.3 is 0 Å². The van der Waals surface area contributed by atoms with Gasteiger partial charge in [-0.25, -0.2) is 8.78 Å². The second kappa shape index (κ2) is 6.26. The smallest absolute Gasteiger partial charge is 0.127 e. The van der Waals surface area contributed by atoms with Crippen LogP contribution in [0, 0.1) is 11.6 Å². The van der Waals surface area contributed by atoms with Crippen molar-refractivity contribution in [3.63, 3.8) is 0 Å². The van der Waals surface area contributed by atoms with Gasteiger partial charge in [0.05, 0.1) is 0 Å². The lowest BCUT2D eigenvalue weighted by atomic mass is 10.1. The molecular weight excluding hydrogens is 312 g/mol. The van der Waals surface area contributed by atoms with Crippen LogP contribution < -0.4 is 5.32 Å². The van der Waals surface area contributed by atoms with Gasteiger partial charge in [-0.2, -0.15) is 0 Å². The highest BCUT2D eigenvalue weighted by Gasteiger charge is 2.08. The van der Waals surface area contributed by atoms with Gasteiger partial charge in [0.15, 0.2) is 0 Å². The fraction of sp³-hybridized carbons (Fsp3) is 0.200. The van der Waals surface area contributed by atoms with E-state index in [4.69, 9.17) is 0 Å². The minimum absolute atomic E-state index is 0.0557. The van der Waals surface area contributed by atoms with E-state index in [1.807, 2.05) is 31.2 Å². The maximum Gasteiger partial charge on any atom is 0.127 e. The van der Waals surface area contributed by atoms with Crippen molar-refractivity contribution in [3.8, 4) is 0 Å². The molecule has 0 saturated heterocycles. The predicted molar refractivity (Wildman–Crippen MR) is 75.8 cm³/mol. The molecule has 1 atom stereocenters. The summed E-state index contributed by atoms with van der Waals surface area (Å²) in [5.74, 6) is -0.816. The molecule has 0 saturated carbocycles. The molecular formula is C15H14BrF2N. The molecule has 0 aliphatic heterocycles. The van der Waals surface area contributed by atoms with Crippen molar-refractivity contribution >= 4 is 15.9 Å². The normalized spacial score (nSPS) is 12.4. The fourth-order valence-electron chi connectivity index (χ4n) is 1.84. The van der Waals surface area contributed by atoms with E-state index < -0.39 is 11.6 Å². The zero-order chi connectivity index (χ0) is 13.8. The third-order valence-corrected chi connectivity index (χ3v) is 3.45. The Labute approximate surface area is 119 Å². The number of halogens is 3. The third-order valence-electron chi connectivity index (χ3n) is 2.96. The zero-order valence-electron chi connectivity index (χ0n) is 10.5. The van der Waals surface area contributed by atoms with E-state index in [9.17, 15) is 8.78 Å². The first-order chi connectivity index (χ1) is 9.06. The summed E-state index contributed by atoms with van der Waals surface area (Å²) in [4.78, 5) is 0. The highest BCUT2D eigenvalue weighted by Crippen LogP contribution is 2.18. The van der Waals surface area contributed by atoms with Crippen molar-refractivity contribution in [1.29, 1.82) is 0 Å². The highest BCUT2D eigenvalue weighted by molar-refractivity contribution is 9.10. The first-order valence-electron chi connectivity index (χ1n) is 5.99. The Morgan fingerprint density at radius 3 is 2.68 bits per heavy atom. The maximum atomic E-state index is 13.5. The summed E-state index contributed by atoms with van der Waals surface area (Å²) in [6.07, 6.45) is 0. The van der Waals surface area contributed by atoms with Gasteiger partial charge in [-0.3, -0.25) is 0 Å². The van der Waals surface area contributed by atoms with Gasteiger partial charge in [0.25, 0.3) is 0 Å². The first kappa shape index (κ1) is 14.2. The lowest BCUT2D eigenvalue weighted by Gasteiger charge is -2.15. The molecule has 100 valence electrons. The molecule has 0 bridgehead atoms. The quantitative estimate of drug-likeness (QED) is 0.867. The minimum atomic E-state index is -0.423. The summed E-state index contributed by atoms with van der Waals surface area (Å²) in [5.41, 5.74) is 1.42. The van der Waals surface area contributed by atoms with E-state index in [0.717, 1.165) is 22.2 Å². The fourth-order valence-corrected chi connectivity index (χ4v) is 2.25. The van der Waals surface area contributed by atoms with Gasteiger partial charge < -0.3 is 5.32 Å². The molecule has 2 rings (SSSR count). The third kappa shape index (κ3) is 3.85. The predicted octanol–water partition coefficient (Wildman–Crippen LogP) is 4.58. The molecule has 0 heterocycles. The van der Waals surface area contributed by atoms with Crippen molar-refractivity contribution in [1.82, 2.24) is 5.32 Å². The summed E-state index contributed by atoms with van der Waals surface area (Å²) in [7, 11) is 0. The number of nitrogens with one attached hydrogen (secondary N) is 1. The van der Waals surface area contributed by atoms with E-state index in [0.29, 0.717) is 5.56 Å². The van der Waals surface area contributed by atoms with Gasteiger partial charge in [-0.15, -0.1) is 0 Å². The topological polar surface area (TPSA) is 12.0 Å². The van der Waals surface area contributed by atoms with E-state index in [1.54, 1.807) is 0 Å². The molecule has 1 nitrogen and oxygen atoms in total. The van der Waals surface area contributed by atoms with Crippen LogP contribution in [0.2, 0.25) is 0 Å². The summed E-state index contributed by atoms with van der Waals surface area (Å²) in [6, 6.07) is 11.4. The largest absolute Gasteiger partial charge is 0.306 e. The Kier molecular flexibility index (Phi) is 4.66. The van der Waals surface area contributed by atoms with Gasteiger partial charge in [-0.05, 0) is 42.8 Å². The molecule has 0 radical (unpaired) electrons. The molecule has 0 aliphatic carbocycles. The highest BCUT2D eigenvalue weighted by atomic mass is 79.9. The first-order valence-corrected chi connectivity index (χ1v) is 6.78. The monoisotopic (exact) mass is 325 g/mol. The zero-order valence-corrected chi connectivity index (χ0v) is 12.0. The average molecular weight is 326 g/mol. The molecule has 0 amide bonds. The van der Waals surface area contributed by atoms with Gasteiger partial charge in [-0.1, -0.05) is 28.1 Å². The van der Waals surface area contributed by atoms with Gasteiger partial charge in [0.1, 0.15) is 11.6 Å². The second-order valence-corrected chi connectivity index (χ2v) is 5.31. The molecule has 0 aromatic heterocycles. The number of rotatable bonds is 4. The number of hydrogen-bond donors (Lipinski definition) is 1. The molecule has 0 aliphatic rings. The number of hydrogen-bond acceptors (Lipinski definition) is 1. The van der Waals surface area contributed by atoms with Crippen LogP contribution in [0.4, 0.5) is 8.78 Å². The number of benzene rings is 2. The van der Waals surface area contributed by atoms with Crippen LogP contribution >= 0.6 is 15.9 Å². The van der Waals surface area contributed by atoms with Crippen molar-refractivity contribution in [2.24, 2.45) is 0 Å². The molecule has 0 fully saturated rings. The van der Waals surface area contributed by atoms with Gasteiger partial charge in [0, 0.05) is 22.6 Å². The Morgan fingerprint density at radius 2 is 1.95 bits per heavy atom. The molecule has 0 unspecified atom stereocenters. The molecule has 4 heteroatoms. The summed E-state index contributed by atoms with van der Waals surface area (Å²) < 4.78 is 27.5. The Morgan fingerprint density at radius 1 is 1.16 bits per heavy atom. The SMILES string of the molecule is C[C@H](NCc1cc(F)ccc1F)c1cccc(Br)c1. The molecule has 2 aromatic rings. The van der Waals surface area contributed by atoms with Crippen molar-refractivity contribution in [2.75, 3.05) is 0 Å². The van der Waals surface area contributed by atoms with Crippen LogP contribution in [0.3, 0.4) is 0 Å². The van der Waals surface area contributed by atoms with Crippen LogP contribution in [0.25, 0.3) is 0 Å². The average Bonchev–Trinajstić information content (AvgIpc) is 2.39. The lowest BCUT2D eigenvalue weighted by molar-refractivity contribution is 0.535. The molecule has 19 heavy (non-hydrogen) atoms. The summed E-state index contributed by atoms with van der Waals surface area (Å²) >= 11 is 3.41. The Balaban J connectivity index is 2.04. The van der Waals surface area contributed by atoms with Crippen molar-refractivity contribution in [2.45, 2.75) is 19.5 Å². The molecule has 1 N–H and O–H groups in total. The van der Waals surface area contributed by atoms with E-state index >= 15 is 0 Å². The van der Waals surface area contributed by atoms with Crippen molar-refractivity contribution in [3.05, 3.63) is 69.7 Å². The Hall–Kier alpha value is -1.26. The van der Waals surface area contributed by atoms with Crippen molar-refractivity contribution < 1.29 is 8.78 Å². The van der Waals surface area contributed by atoms with E-state index in [-0.39, 0.29) is 12.6 Å². The van der Waals surface area contributed by atoms with Crippen LogP contribution in [0.1, 0.15) is 24.1 Å². The Bertz CT molecular complexity index is 572. The van der Waals surface area contributed by atoms with Crippen LogP contribution in [0.15, 0.2) is 46.9 Å². The molecule has 2 aromatic carbocycles. The maximum absolute atomic E-state index is 13.5. The summed E-state index contributed by atoms with van der Waals surface area (Å²) in [6.45, 7) is 2.27. The lowest BCUT2D eigenvalue weighted by Crippen LogP contribution is -2.18. The second-order valence-electron chi connectivity index (χ2n) is 4.39. The molecule has 0 spiro atoms. The van der Waals surface area contributed by atoms with Gasteiger partial charge in [0.2, 0.25) is 0 Å². The minimum Gasteiger partial charge on any atom is -0.306 e. The standard InChI is InChI=1S/C15H14BrF2N/c1-10(11-3-2-4-13(16)7-11)19-9-12-8-14(17)5-6-15(12)18/h2-8,10,19H,9H2,1H3/t10-/m0/s1. The summed E-state index contributed by atoms with van der Waals surface area (Å²) in [5, 5.41) is 3.18. The van der Waals surface area contributed by atoms with Crippen LogP contribution in [0.5, 0.6) is 0 Å². The van der Waals surface area contributed by atoms with Crippen LogP contribution in [-0.2, 0) is 6.54 Å². The van der Waals surface area contributed by atoms with E-state index in [2.05, 4.69) is 21.2 Å². The van der Waals surface area contributed by atoms with E-state index in [1.165, 1.54) is 6.07 Å².